The molecule has 0 aromatic carbocycles. The number of hydrogen-bond donors (Lipinski definition) is 1. The van der Waals surface area contributed by atoms with Gasteiger partial charge in [-0.1, -0.05) is 13.3 Å². The lowest BCUT2D eigenvalue weighted by molar-refractivity contribution is 0.135. The lowest BCUT2D eigenvalue weighted by atomic mass is 9.68. The second-order valence-corrected chi connectivity index (χ2v) is 5.49. The van der Waals surface area contributed by atoms with Crippen molar-refractivity contribution in [3.8, 4) is 0 Å². The first-order chi connectivity index (χ1) is 6.24. The van der Waals surface area contributed by atoms with E-state index in [1.807, 2.05) is 0 Å². The van der Waals surface area contributed by atoms with E-state index in [1.54, 1.807) is 0 Å². The fourth-order valence-electron chi connectivity index (χ4n) is 2.77. The molecule has 1 aliphatic heterocycles. The van der Waals surface area contributed by atoms with Crippen molar-refractivity contribution in [2.45, 2.75) is 32.6 Å². The highest BCUT2D eigenvalue weighted by atomic mass is 32.1. The minimum Gasteiger partial charge on any atom is -0.302 e. The van der Waals surface area contributed by atoms with Gasteiger partial charge in [0.05, 0.1) is 0 Å². The third-order valence-corrected chi connectivity index (χ3v) is 4.44. The predicted molar refractivity (Wildman–Crippen MR) is 60.4 cm³/mol. The van der Waals surface area contributed by atoms with E-state index in [4.69, 9.17) is 0 Å². The third kappa shape index (κ3) is 2.04. The predicted octanol–water partition coefficient (Wildman–Crippen LogP) is 2.43. The van der Waals surface area contributed by atoms with Crippen LogP contribution >= 0.6 is 12.6 Å². The van der Waals surface area contributed by atoms with Crippen LogP contribution in [0.4, 0.5) is 0 Å². The summed E-state index contributed by atoms with van der Waals surface area (Å²) in [6.45, 7) is 6.30. The second kappa shape index (κ2) is 3.82. The van der Waals surface area contributed by atoms with Gasteiger partial charge < -0.3 is 4.90 Å². The van der Waals surface area contributed by atoms with E-state index >= 15 is 0 Å². The Balaban J connectivity index is 1.78. The molecule has 2 fully saturated rings. The summed E-state index contributed by atoms with van der Waals surface area (Å²) in [5.74, 6) is 1.79. The number of likely N-dealkylation sites (tertiary alicyclic amines) is 1. The molecule has 0 N–H and O–H groups in total. The first-order valence-corrected chi connectivity index (χ1v) is 6.21. The van der Waals surface area contributed by atoms with Gasteiger partial charge in [0.2, 0.25) is 0 Å². The molecule has 76 valence electrons. The summed E-state index contributed by atoms with van der Waals surface area (Å²) in [6, 6.07) is 0. The van der Waals surface area contributed by atoms with Crippen LogP contribution in [0.5, 0.6) is 0 Å². The molecule has 1 aliphatic carbocycles. The van der Waals surface area contributed by atoms with Gasteiger partial charge in [-0.2, -0.15) is 12.6 Å². The molecule has 0 bridgehead atoms. The van der Waals surface area contributed by atoms with Crippen molar-refractivity contribution < 1.29 is 0 Å². The average Bonchev–Trinajstić information content (AvgIpc) is 2.48. The third-order valence-electron chi connectivity index (χ3n) is 3.81. The molecule has 2 aliphatic rings. The zero-order valence-electron chi connectivity index (χ0n) is 8.63. The molecule has 0 amide bonds. The van der Waals surface area contributed by atoms with Gasteiger partial charge >= 0.3 is 0 Å². The fraction of sp³-hybridized carbons (Fsp3) is 1.00. The quantitative estimate of drug-likeness (QED) is 0.683. The Labute approximate surface area is 87.3 Å². The van der Waals surface area contributed by atoms with Gasteiger partial charge in [-0.15, -0.1) is 0 Å². The molecular weight excluding hydrogens is 178 g/mol. The molecule has 13 heavy (non-hydrogen) atoms. The maximum atomic E-state index is 4.34. The van der Waals surface area contributed by atoms with Gasteiger partial charge in [0, 0.05) is 13.1 Å². The summed E-state index contributed by atoms with van der Waals surface area (Å²) < 4.78 is 0. The fourth-order valence-corrected chi connectivity index (χ4v) is 2.88. The highest BCUT2D eigenvalue weighted by Gasteiger charge is 2.42. The summed E-state index contributed by atoms with van der Waals surface area (Å²) in [7, 11) is 0. The molecule has 0 aromatic rings. The Morgan fingerprint density at radius 3 is 2.62 bits per heavy atom. The van der Waals surface area contributed by atoms with Crippen LogP contribution in [0.2, 0.25) is 0 Å². The molecule has 1 nitrogen and oxygen atoms in total. The minimum absolute atomic E-state index is 0.763. The Morgan fingerprint density at radius 1 is 1.38 bits per heavy atom. The first-order valence-electron chi connectivity index (χ1n) is 5.57. The first kappa shape index (κ1) is 9.85. The standard InChI is InChI=1S/C11H21NS/c1-10(8-13)7-12-6-5-11(9-12)3-2-4-11/h10,13H,2-9H2,1H3. The summed E-state index contributed by atoms with van der Waals surface area (Å²) in [4.78, 5) is 2.65. The van der Waals surface area contributed by atoms with Gasteiger partial charge in [0.25, 0.3) is 0 Å². The lowest BCUT2D eigenvalue weighted by Gasteiger charge is -2.38. The number of rotatable bonds is 3. The van der Waals surface area contributed by atoms with E-state index in [2.05, 4.69) is 24.5 Å². The number of thiol groups is 1. The van der Waals surface area contributed by atoms with Crippen LogP contribution in [0.3, 0.4) is 0 Å². The lowest BCUT2D eigenvalue weighted by Crippen LogP contribution is -2.34. The van der Waals surface area contributed by atoms with E-state index in [-0.39, 0.29) is 0 Å². The van der Waals surface area contributed by atoms with Crippen LogP contribution in [-0.4, -0.2) is 30.3 Å². The van der Waals surface area contributed by atoms with Crippen LogP contribution in [-0.2, 0) is 0 Å². The van der Waals surface area contributed by atoms with E-state index in [9.17, 15) is 0 Å². The summed E-state index contributed by atoms with van der Waals surface area (Å²) in [5, 5.41) is 0. The van der Waals surface area contributed by atoms with E-state index in [1.165, 1.54) is 45.3 Å². The maximum absolute atomic E-state index is 4.34. The summed E-state index contributed by atoms with van der Waals surface area (Å²) >= 11 is 4.34. The van der Waals surface area contributed by atoms with Crippen LogP contribution in [0.15, 0.2) is 0 Å². The summed E-state index contributed by atoms with van der Waals surface area (Å²) in [5.41, 5.74) is 0.774. The smallest absolute Gasteiger partial charge is 0.00386 e. The Kier molecular flexibility index (Phi) is 2.89. The average molecular weight is 199 g/mol. The molecule has 2 rings (SSSR count). The van der Waals surface area contributed by atoms with Gasteiger partial charge in [-0.25, -0.2) is 0 Å². The highest BCUT2D eigenvalue weighted by Crippen LogP contribution is 2.47. The van der Waals surface area contributed by atoms with Crippen LogP contribution < -0.4 is 0 Å². The van der Waals surface area contributed by atoms with Crippen LogP contribution in [0, 0.1) is 11.3 Å². The SMILES string of the molecule is CC(CS)CN1CCC2(CCC2)C1. The molecule has 0 radical (unpaired) electrons. The monoisotopic (exact) mass is 199 g/mol. The van der Waals surface area contributed by atoms with Crippen molar-refractivity contribution in [3.63, 3.8) is 0 Å². The van der Waals surface area contributed by atoms with Crippen molar-refractivity contribution in [1.82, 2.24) is 4.90 Å². The molecule has 1 unspecified atom stereocenters. The number of nitrogens with zero attached hydrogens (tertiary/aromatic N) is 1. The Bertz CT molecular complexity index is 177. The minimum atomic E-state index is 0.763. The van der Waals surface area contributed by atoms with Gasteiger partial charge in [-0.3, -0.25) is 0 Å². The molecule has 0 aromatic heterocycles. The largest absolute Gasteiger partial charge is 0.302 e. The molecule has 1 saturated carbocycles. The second-order valence-electron chi connectivity index (χ2n) is 5.13. The zero-order chi connectivity index (χ0) is 9.31. The molecule has 1 atom stereocenters. The Hall–Kier alpha value is 0.310. The summed E-state index contributed by atoms with van der Waals surface area (Å²) in [6.07, 6.45) is 5.94. The van der Waals surface area contributed by atoms with Crippen LogP contribution in [0.25, 0.3) is 0 Å². The van der Waals surface area contributed by atoms with Gasteiger partial charge in [-0.05, 0) is 42.9 Å². The Morgan fingerprint density at radius 2 is 2.15 bits per heavy atom. The van der Waals surface area contributed by atoms with E-state index in [0.29, 0.717) is 0 Å². The topological polar surface area (TPSA) is 3.24 Å². The molecule has 1 spiro atoms. The van der Waals surface area contributed by atoms with Crippen molar-refractivity contribution in [2.75, 3.05) is 25.4 Å². The maximum Gasteiger partial charge on any atom is 0.00386 e. The van der Waals surface area contributed by atoms with Crippen molar-refractivity contribution in [3.05, 3.63) is 0 Å². The number of hydrogen-bond acceptors (Lipinski definition) is 2. The highest BCUT2D eigenvalue weighted by molar-refractivity contribution is 7.80. The van der Waals surface area contributed by atoms with E-state index in [0.717, 1.165) is 17.1 Å². The van der Waals surface area contributed by atoms with E-state index < -0.39 is 0 Å². The van der Waals surface area contributed by atoms with Crippen molar-refractivity contribution in [2.24, 2.45) is 11.3 Å². The van der Waals surface area contributed by atoms with Crippen molar-refractivity contribution in [1.29, 1.82) is 0 Å². The molecule has 2 heteroatoms. The van der Waals surface area contributed by atoms with Gasteiger partial charge in [0.15, 0.2) is 0 Å². The molecule has 1 saturated heterocycles. The molecule has 1 heterocycles. The van der Waals surface area contributed by atoms with Crippen molar-refractivity contribution >= 4 is 12.6 Å². The van der Waals surface area contributed by atoms with Gasteiger partial charge in [0.1, 0.15) is 0 Å². The zero-order valence-corrected chi connectivity index (χ0v) is 9.52. The van der Waals surface area contributed by atoms with Crippen LogP contribution in [0.1, 0.15) is 32.6 Å². The molecular formula is C11H21NS. The normalized spacial score (nSPS) is 29.1.